The molecule has 0 saturated carbocycles. The van der Waals surface area contributed by atoms with Gasteiger partial charge in [-0.3, -0.25) is 0 Å². The highest BCUT2D eigenvalue weighted by atomic mass is 16.5. The van der Waals surface area contributed by atoms with Gasteiger partial charge in [0.15, 0.2) is 0 Å². The second-order valence-corrected chi connectivity index (χ2v) is 1.89. The second kappa shape index (κ2) is 5.79. The Labute approximate surface area is 56.7 Å². The van der Waals surface area contributed by atoms with Crippen molar-refractivity contribution in [1.29, 1.82) is 0 Å². The van der Waals surface area contributed by atoms with Crippen LogP contribution in [0, 0.1) is 0 Å². The standard InChI is InChI=1S/C7H15NO/c1-3-4-7(2)9-6-5-8/h3-4,7H,5-6,8H2,1-2H3. The molecule has 0 amide bonds. The lowest BCUT2D eigenvalue weighted by atomic mass is 10.4. The van der Waals surface area contributed by atoms with Gasteiger partial charge >= 0.3 is 0 Å². The summed E-state index contributed by atoms with van der Waals surface area (Å²) in [4.78, 5) is 0. The summed E-state index contributed by atoms with van der Waals surface area (Å²) in [5, 5.41) is 0. The number of nitrogens with two attached hydrogens (primary N) is 1. The Morgan fingerprint density at radius 1 is 1.67 bits per heavy atom. The molecule has 0 fully saturated rings. The van der Waals surface area contributed by atoms with Gasteiger partial charge in [0.05, 0.1) is 12.7 Å². The third-order valence-corrected chi connectivity index (χ3v) is 0.962. The number of hydrogen-bond acceptors (Lipinski definition) is 2. The Hall–Kier alpha value is -0.340. The molecular formula is C7H15NO. The van der Waals surface area contributed by atoms with Crippen LogP contribution in [0.5, 0.6) is 0 Å². The van der Waals surface area contributed by atoms with E-state index in [0.717, 1.165) is 0 Å². The molecule has 0 saturated heterocycles. The predicted molar refractivity (Wildman–Crippen MR) is 39.3 cm³/mol. The Bertz CT molecular complexity index is 81.0. The van der Waals surface area contributed by atoms with E-state index < -0.39 is 0 Å². The van der Waals surface area contributed by atoms with Crippen molar-refractivity contribution in [1.82, 2.24) is 0 Å². The van der Waals surface area contributed by atoms with Gasteiger partial charge in [-0.25, -0.2) is 0 Å². The summed E-state index contributed by atoms with van der Waals surface area (Å²) in [6, 6.07) is 0. The van der Waals surface area contributed by atoms with E-state index >= 15 is 0 Å². The molecule has 0 aliphatic heterocycles. The maximum Gasteiger partial charge on any atom is 0.0728 e. The van der Waals surface area contributed by atoms with Crippen molar-refractivity contribution in [3.8, 4) is 0 Å². The minimum absolute atomic E-state index is 0.207. The molecule has 0 aromatic rings. The van der Waals surface area contributed by atoms with Gasteiger partial charge in [0.2, 0.25) is 0 Å². The highest BCUT2D eigenvalue weighted by Crippen LogP contribution is 1.90. The third-order valence-electron chi connectivity index (χ3n) is 0.962. The molecule has 0 bridgehead atoms. The van der Waals surface area contributed by atoms with E-state index in [1.807, 2.05) is 26.0 Å². The van der Waals surface area contributed by atoms with E-state index in [1.165, 1.54) is 0 Å². The fourth-order valence-electron chi connectivity index (χ4n) is 0.581. The fraction of sp³-hybridized carbons (Fsp3) is 0.714. The molecule has 0 spiro atoms. The van der Waals surface area contributed by atoms with Crippen LogP contribution in [0.25, 0.3) is 0 Å². The minimum Gasteiger partial charge on any atom is -0.373 e. The molecule has 9 heavy (non-hydrogen) atoms. The first-order valence-corrected chi connectivity index (χ1v) is 3.25. The van der Waals surface area contributed by atoms with E-state index in [1.54, 1.807) is 0 Å². The summed E-state index contributed by atoms with van der Waals surface area (Å²) in [5.41, 5.74) is 5.22. The van der Waals surface area contributed by atoms with E-state index in [-0.39, 0.29) is 6.10 Å². The molecule has 2 nitrogen and oxygen atoms in total. The van der Waals surface area contributed by atoms with Gasteiger partial charge in [-0.05, 0) is 13.8 Å². The molecule has 54 valence electrons. The quantitative estimate of drug-likeness (QED) is 0.573. The van der Waals surface area contributed by atoms with Crippen LogP contribution in [0.15, 0.2) is 12.2 Å². The van der Waals surface area contributed by atoms with Gasteiger partial charge in [0.1, 0.15) is 0 Å². The maximum absolute atomic E-state index is 5.22. The van der Waals surface area contributed by atoms with Crippen molar-refractivity contribution in [3.05, 3.63) is 12.2 Å². The summed E-state index contributed by atoms with van der Waals surface area (Å²) in [6.45, 7) is 5.21. The van der Waals surface area contributed by atoms with Gasteiger partial charge in [-0.1, -0.05) is 12.2 Å². The van der Waals surface area contributed by atoms with E-state index in [0.29, 0.717) is 13.2 Å². The van der Waals surface area contributed by atoms with Crippen LogP contribution in [0.4, 0.5) is 0 Å². The lowest BCUT2D eigenvalue weighted by Crippen LogP contribution is -2.13. The van der Waals surface area contributed by atoms with Crippen LogP contribution in [0.2, 0.25) is 0 Å². The van der Waals surface area contributed by atoms with Gasteiger partial charge in [-0.2, -0.15) is 0 Å². The molecule has 2 heteroatoms. The van der Waals surface area contributed by atoms with Crippen molar-refractivity contribution in [2.45, 2.75) is 20.0 Å². The van der Waals surface area contributed by atoms with Gasteiger partial charge in [0, 0.05) is 6.54 Å². The first kappa shape index (κ1) is 8.66. The zero-order valence-corrected chi connectivity index (χ0v) is 6.13. The largest absolute Gasteiger partial charge is 0.373 e. The van der Waals surface area contributed by atoms with Crippen LogP contribution >= 0.6 is 0 Å². The molecule has 1 atom stereocenters. The molecule has 0 aliphatic rings. The topological polar surface area (TPSA) is 35.2 Å². The van der Waals surface area contributed by atoms with Crippen molar-refractivity contribution >= 4 is 0 Å². The SMILES string of the molecule is CC=CC(C)OCCN. The van der Waals surface area contributed by atoms with Crippen LogP contribution in [-0.2, 0) is 4.74 Å². The number of ether oxygens (including phenoxy) is 1. The smallest absolute Gasteiger partial charge is 0.0728 e. The first-order valence-electron chi connectivity index (χ1n) is 3.25. The van der Waals surface area contributed by atoms with E-state index in [9.17, 15) is 0 Å². The Kier molecular flexibility index (Phi) is 5.57. The average molecular weight is 129 g/mol. The normalized spacial score (nSPS) is 14.6. The van der Waals surface area contributed by atoms with Crippen LogP contribution in [0.1, 0.15) is 13.8 Å². The molecule has 0 rings (SSSR count). The van der Waals surface area contributed by atoms with Crippen molar-refractivity contribution in [2.24, 2.45) is 5.73 Å². The molecule has 0 aromatic heterocycles. The Balaban J connectivity index is 3.15. The fourth-order valence-corrected chi connectivity index (χ4v) is 0.581. The van der Waals surface area contributed by atoms with Crippen molar-refractivity contribution in [3.63, 3.8) is 0 Å². The molecule has 0 radical (unpaired) electrons. The molecule has 0 heterocycles. The van der Waals surface area contributed by atoms with Gasteiger partial charge in [-0.15, -0.1) is 0 Å². The van der Waals surface area contributed by atoms with Crippen LogP contribution in [-0.4, -0.2) is 19.3 Å². The van der Waals surface area contributed by atoms with Gasteiger partial charge < -0.3 is 10.5 Å². The number of rotatable bonds is 4. The van der Waals surface area contributed by atoms with E-state index in [4.69, 9.17) is 10.5 Å². The first-order chi connectivity index (χ1) is 4.31. The summed E-state index contributed by atoms with van der Waals surface area (Å²) in [5.74, 6) is 0. The van der Waals surface area contributed by atoms with Crippen molar-refractivity contribution in [2.75, 3.05) is 13.2 Å². The Morgan fingerprint density at radius 2 is 2.33 bits per heavy atom. The van der Waals surface area contributed by atoms with E-state index in [2.05, 4.69) is 0 Å². The molecular weight excluding hydrogens is 114 g/mol. The second-order valence-electron chi connectivity index (χ2n) is 1.89. The lowest BCUT2D eigenvalue weighted by Gasteiger charge is -2.05. The summed E-state index contributed by atoms with van der Waals surface area (Å²) < 4.78 is 5.22. The predicted octanol–water partition coefficient (Wildman–Crippen LogP) is 0.926. The highest BCUT2D eigenvalue weighted by Gasteiger charge is 1.91. The molecule has 1 unspecified atom stereocenters. The highest BCUT2D eigenvalue weighted by molar-refractivity contribution is 4.83. The van der Waals surface area contributed by atoms with Crippen molar-refractivity contribution < 1.29 is 4.74 Å². The minimum atomic E-state index is 0.207. The average Bonchev–Trinajstić information content (AvgIpc) is 1.85. The zero-order chi connectivity index (χ0) is 7.11. The lowest BCUT2D eigenvalue weighted by molar-refractivity contribution is 0.104. The molecule has 2 N–H and O–H groups in total. The van der Waals surface area contributed by atoms with Gasteiger partial charge in [0.25, 0.3) is 0 Å². The molecule has 0 aliphatic carbocycles. The Morgan fingerprint density at radius 3 is 2.78 bits per heavy atom. The maximum atomic E-state index is 5.22. The zero-order valence-electron chi connectivity index (χ0n) is 6.13. The summed E-state index contributed by atoms with van der Waals surface area (Å²) in [7, 11) is 0. The number of allylic oxidation sites excluding steroid dienone is 1. The number of hydrogen-bond donors (Lipinski definition) is 1. The monoisotopic (exact) mass is 129 g/mol. The van der Waals surface area contributed by atoms with Crippen LogP contribution < -0.4 is 5.73 Å². The summed E-state index contributed by atoms with van der Waals surface area (Å²) >= 11 is 0. The van der Waals surface area contributed by atoms with Crippen LogP contribution in [0.3, 0.4) is 0 Å². The summed E-state index contributed by atoms with van der Waals surface area (Å²) in [6.07, 6.45) is 4.18. The third kappa shape index (κ3) is 5.53. The molecule has 0 aromatic carbocycles.